The van der Waals surface area contributed by atoms with Crippen molar-refractivity contribution in [3.8, 4) is 11.5 Å². The van der Waals surface area contributed by atoms with E-state index in [2.05, 4.69) is 4.99 Å². The summed E-state index contributed by atoms with van der Waals surface area (Å²) in [5, 5.41) is 1.99. The van der Waals surface area contributed by atoms with E-state index in [0.29, 0.717) is 32.1 Å². The fraction of sp³-hybridized carbons (Fsp3) is 0.179. The van der Waals surface area contributed by atoms with Gasteiger partial charge in [-0.1, -0.05) is 59.9 Å². The quantitative estimate of drug-likeness (QED) is 0.401. The first-order chi connectivity index (χ1) is 17.5. The third kappa shape index (κ3) is 3.61. The molecule has 0 radical (unpaired) electrons. The zero-order valence-electron chi connectivity index (χ0n) is 19.7. The zero-order chi connectivity index (χ0) is 24.8. The maximum Gasteiger partial charge on any atom is 0.338 e. The summed E-state index contributed by atoms with van der Waals surface area (Å²) in [5.74, 6) is 0.853. The van der Waals surface area contributed by atoms with E-state index in [1.54, 1.807) is 18.4 Å². The number of benzene rings is 3. The smallest absolute Gasteiger partial charge is 0.338 e. The summed E-state index contributed by atoms with van der Waals surface area (Å²) < 4.78 is 18.4. The van der Waals surface area contributed by atoms with Gasteiger partial charge in [0.15, 0.2) is 16.3 Å². The Bertz CT molecular complexity index is 1740. The Hall–Kier alpha value is -4.17. The van der Waals surface area contributed by atoms with Crippen LogP contribution in [-0.2, 0) is 9.53 Å². The number of hydrogen-bond acceptors (Lipinski definition) is 7. The molecule has 1 aromatic heterocycles. The van der Waals surface area contributed by atoms with Gasteiger partial charge in [-0.25, -0.2) is 9.79 Å². The molecule has 0 fully saturated rings. The van der Waals surface area contributed by atoms with Crippen molar-refractivity contribution in [2.45, 2.75) is 19.9 Å². The number of hydrogen-bond donors (Lipinski definition) is 0. The molecule has 0 spiro atoms. The summed E-state index contributed by atoms with van der Waals surface area (Å²) in [7, 11) is 0. The lowest BCUT2D eigenvalue weighted by molar-refractivity contribution is -0.139. The van der Waals surface area contributed by atoms with Crippen molar-refractivity contribution < 1.29 is 19.0 Å². The first kappa shape index (κ1) is 22.3. The van der Waals surface area contributed by atoms with Crippen LogP contribution in [0.2, 0.25) is 0 Å². The van der Waals surface area contributed by atoms with Gasteiger partial charge in [-0.2, -0.15) is 0 Å². The minimum atomic E-state index is -0.662. The van der Waals surface area contributed by atoms with Crippen molar-refractivity contribution in [1.29, 1.82) is 0 Å². The lowest BCUT2D eigenvalue weighted by Crippen LogP contribution is -2.40. The Morgan fingerprint density at radius 2 is 1.94 bits per heavy atom. The first-order valence-electron chi connectivity index (χ1n) is 11.6. The predicted octanol–water partition coefficient (Wildman–Crippen LogP) is 3.68. The highest BCUT2D eigenvalue weighted by Gasteiger charge is 2.34. The van der Waals surface area contributed by atoms with Gasteiger partial charge in [-0.05, 0) is 54.0 Å². The van der Waals surface area contributed by atoms with Crippen LogP contribution in [0.4, 0.5) is 0 Å². The van der Waals surface area contributed by atoms with Crippen LogP contribution in [-0.4, -0.2) is 23.9 Å². The Kier molecular flexibility index (Phi) is 5.45. The summed E-state index contributed by atoms with van der Waals surface area (Å²) in [5.41, 5.74) is 2.36. The van der Waals surface area contributed by atoms with Gasteiger partial charge in [-0.15, -0.1) is 0 Å². The number of nitrogens with zero attached hydrogens (tertiary/aromatic N) is 2. The fourth-order valence-corrected chi connectivity index (χ4v) is 5.78. The Morgan fingerprint density at radius 1 is 1.14 bits per heavy atom. The van der Waals surface area contributed by atoms with Crippen LogP contribution in [0.25, 0.3) is 16.8 Å². The maximum absolute atomic E-state index is 13.9. The number of esters is 1. The molecule has 0 N–H and O–H groups in total. The molecule has 180 valence electrons. The molecule has 2 aliphatic rings. The number of rotatable bonds is 4. The second-order valence-corrected chi connectivity index (χ2v) is 9.49. The molecule has 4 aromatic rings. The second-order valence-electron chi connectivity index (χ2n) is 8.48. The fourth-order valence-electron chi connectivity index (χ4n) is 4.73. The molecule has 8 heteroatoms. The summed E-state index contributed by atoms with van der Waals surface area (Å²) in [6, 6.07) is 18.8. The van der Waals surface area contributed by atoms with Crippen molar-refractivity contribution in [3.63, 3.8) is 0 Å². The Balaban J connectivity index is 1.59. The minimum Gasteiger partial charge on any atom is -0.463 e. The van der Waals surface area contributed by atoms with Crippen molar-refractivity contribution in [2.24, 2.45) is 4.99 Å². The van der Waals surface area contributed by atoms with Gasteiger partial charge in [0, 0.05) is 0 Å². The van der Waals surface area contributed by atoms with Crippen molar-refractivity contribution in [2.75, 3.05) is 13.4 Å². The molecular weight excluding hydrogens is 476 g/mol. The van der Waals surface area contributed by atoms with Gasteiger partial charge in [-0.3, -0.25) is 9.36 Å². The van der Waals surface area contributed by atoms with E-state index in [1.165, 1.54) is 11.3 Å². The summed E-state index contributed by atoms with van der Waals surface area (Å²) >= 11 is 1.29. The van der Waals surface area contributed by atoms with Crippen molar-refractivity contribution in [1.82, 2.24) is 4.57 Å². The molecule has 1 atom stereocenters. The number of fused-ring (bicyclic) bond motifs is 3. The summed E-state index contributed by atoms with van der Waals surface area (Å²) in [6.45, 7) is 3.97. The molecule has 0 amide bonds. The topological polar surface area (TPSA) is 79.1 Å². The molecule has 3 aromatic carbocycles. The van der Waals surface area contributed by atoms with Gasteiger partial charge in [0.2, 0.25) is 6.79 Å². The molecule has 0 saturated carbocycles. The lowest BCUT2D eigenvalue weighted by atomic mass is 9.91. The minimum absolute atomic E-state index is 0.182. The monoisotopic (exact) mass is 498 g/mol. The molecule has 7 nitrogen and oxygen atoms in total. The van der Waals surface area contributed by atoms with E-state index in [-0.39, 0.29) is 19.0 Å². The highest BCUT2D eigenvalue weighted by Crippen LogP contribution is 2.35. The van der Waals surface area contributed by atoms with Crippen LogP contribution < -0.4 is 24.4 Å². The predicted molar refractivity (Wildman–Crippen MR) is 137 cm³/mol. The number of thiazole rings is 1. The molecule has 36 heavy (non-hydrogen) atoms. The van der Waals surface area contributed by atoms with Crippen LogP contribution in [0.3, 0.4) is 0 Å². The second kappa shape index (κ2) is 8.80. The van der Waals surface area contributed by atoms with E-state index in [0.717, 1.165) is 21.9 Å². The van der Waals surface area contributed by atoms with E-state index in [9.17, 15) is 9.59 Å². The molecule has 3 heterocycles. The number of carbonyl (C=O) groups excluding carboxylic acids is 1. The van der Waals surface area contributed by atoms with E-state index < -0.39 is 12.0 Å². The van der Waals surface area contributed by atoms with Crippen LogP contribution >= 0.6 is 11.3 Å². The molecule has 1 unspecified atom stereocenters. The van der Waals surface area contributed by atoms with Gasteiger partial charge >= 0.3 is 5.97 Å². The number of carbonyl (C=O) groups is 1. The van der Waals surface area contributed by atoms with Gasteiger partial charge in [0.25, 0.3) is 5.56 Å². The Morgan fingerprint density at radius 3 is 2.81 bits per heavy atom. The number of ether oxygens (including phenoxy) is 3. The molecular formula is C28H22N2O5S. The Labute approximate surface area is 210 Å². The van der Waals surface area contributed by atoms with Gasteiger partial charge in [0.05, 0.1) is 28.5 Å². The average molecular weight is 499 g/mol. The SMILES string of the molecule is CCOC(=O)C1=C(C)N=c2s/c(=C\c3ccc4c(c3)OCO4)c(=O)n2C1c1cccc2ccccc12. The standard InChI is InChI=1S/C28H22N2O5S/c1-3-33-27(32)24-16(2)29-28-30(25(24)20-10-6-8-18-7-4-5-9-19(18)20)26(31)23(36-28)14-17-11-12-21-22(13-17)35-15-34-21/h4-14,25H,3,15H2,1-2H3/b23-14-. The molecule has 6 rings (SSSR count). The average Bonchev–Trinajstić information content (AvgIpc) is 3.47. The first-order valence-corrected chi connectivity index (χ1v) is 12.4. The normalized spacial score (nSPS) is 16.7. The highest BCUT2D eigenvalue weighted by atomic mass is 32.1. The maximum atomic E-state index is 13.9. The zero-order valence-corrected chi connectivity index (χ0v) is 20.5. The number of allylic oxidation sites excluding steroid dienone is 1. The van der Waals surface area contributed by atoms with Crippen LogP contribution in [0.5, 0.6) is 11.5 Å². The van der Waals surface area contributed by atoms with Crippen molar-refractivity contribution >= 4 is 34.2 Å². The third-order valence-corrected chi connectivity index (χ3v) is 7.31. The molecule has 0 saturated heterocycles. The summed E-state index contributed by atoms with van der Waals surface area (Å²) in [4.78, 5) is 32.2. The van der Waals surface area contributed by atoms with Crippen molar-refractivity contribution in [3.05, 3.63) is 103 Å². The molecule has 0 aliphatic carbocycles. The van der Waals surface area contributed by atoms with E-state index in [4.69, 9.17) is 14.2 Å². The van der Waals surface area contributed by atoms with Crippen LogP contribution in [0.1, 0.15) is 31.0 Å². The molecule has 2 aliphatic heterocycles. The van der Waals surface area contributed by atoms with Gasteiger partial charge in [0.1, 0.15) is 0 Å². The van der Waals surface area contributed by atoms with E-state index in [1.807, 2.05) is 66.7 Å². The third-order valence-electron chi connectivity index (χ3n) is 6.33. The van der Waals surface area contributed by atoms with E-state index >= 15 is 0 Å². The molecule has 0 bridgehead atoms. The van der Waals surface area contributed by atoms with Crippen LogP contribution in [0, 0.1) is 0 Å². The highest BCUT2D eigenvalue weighted by molar-refractivity contribution is 7.07. The lowest BCUT2D eigenvalue weighted by Gasteiger charge is -2.25. The van der Waals surface area contributed by atoms with Gasteiger partial charge < -0.3 is 14.2 Å². The summed E-state index contributed by atoms with van der Waals surface area (Å²) in [6.07, 6.45) is 1.81. The number of aromatic nitrogens is 1. The van der Waals surface area contributed by atoms with Crippen LogP contribution in [0.15, 0.2) is 81.7 Å². The largest absolute Gasteiger partial charge is 0.463 e.